The summed E-state index contributed by atoms with van der Waals surface area (Å²) in [7, 11) is 0. The molecule has 1 aromatic heterocycles. The van der Waals surface area contributed by atoms with Crippen molar-refractivity contribution < 1.29 is 0 Å². The van der Waals surface area contributed by atoms with E-state index in [1.165, 1.54) is 19.3 Å². The van der Waals surface area contributed by atoms with Crippen LogP contribution in [0.4, 0.5) is 5.82 Å². The van der Waals surface area contributed by atoms with Crippen molar-refractivity contribution >= 4 is 5.82 Å². The van der Waals surface area contributed by atoms with E-state index < -0.39 is 0 Å². The zero-order valence-corrected chi connectivity index (χ0v) is 11.5. The van der Waals surface area contributed by atoms with Crippen LogP contribution in [0.2, 0.25) is 0 Å². The first-order valence-electron chi connectivity index (χ1n) is 7.10. The molecule has 0 amide bonds. The summed E-state index contributed by atoms with van der Waals surface area (Å²) < 4.78 is 0. The molecule has 1 aliphatic rings. The third-order valence-corrected chi connectivity index (χ3v) is 3.74. The smallest absolute Gasteiger partial charge is 0.147 e. The largest absolute Gasteiger partial charge is 0.355 e. The zero-order valence-electron chi connectivity index (χ0n) is 11.5. The van der Waals surface area contributed by atoms with Crippen LogP contribution < -0.4 is 10.2 Å². The van der Waals surface area contributed by atoms with Crippen LogP contribution in [-0.2, 0) is 6.54 Å². The molecule has 0 aromatic carbocycles. The Morgan fingerprint density at radius 3 is 2.72 bits per heavy atom. The molecule has 2 rings (SSSR count). The molecule has 1 aromatic rings. The van der Waals surface area contributed by atoms with Crippen molar-refractivity contribution in [1.29, 1.82) is 0 Å². The standard InChI is InChI=1S/C14H24N4/c1-3-12-5-7-18(8-6-12)14-11-16-10-13(17-14)9-15-4-2/h10-12,15H,3-9H2,1-2H3. The number of nitrogens with one attached hydrogen (secondary N) is 1. The lowest BCUT2D eigenvalue weighted by molar-refractivity contribution is 0.393. The zero-order chi connectivity index (χ0) is 12.8. The second kappa shape index (κ2) is 6.69. The van der Waals surface area contributed by atoms with E-state index in [2.05, 4.69) is 34.0 Å². The lowest BCUT2D eigenvalue weighted by Crippen LogP contribution is -2.34. The second-order valence-corrected chi connectivity index (χ2v) is 4.99. The predicted molar refractivity (Wildman–Crippen MR) is 74.6 cm³/mol. The molecule has 4 nitrogen and oxygen atoms in total. The Balaban J connectivity index is 1.96. The number of rotatable bonds is 5. The van der Waals surface area contributed by atoms with E-state index in [0.29, 0.717) is 0 Å². The Hall–Kier alpha value is -1.16. The van der Waals surface area contributed by atoms with E-state index in [4.69, 9.17) is 0 Å². The minimum absolute atomic E-state index is 0.808. The molecule has 0 aliphatic carbocycles. The third kappa shape index (κ3) is 3.42. The molecule has 1 N–H and O–H groups in total. The molecule has 4 heteroatoms. The molecule has 1 fully saturated rings. The summed E-state index contributed by atoms with van der Waals surface area (Å²) in [5, 5.41) is 3.29. The Morgan fingerprint density at radius 2 is 2.06 bits per heavy atom. The van der Waals surface area contributed by atoms with Gasteiger partial charge in [0, 0.05) is 25.8 Å². The van der Waals surface area contributed by atoms with Gasteiger partial charge in [-0.1, -0.05) is 20.3 Å². The van der Waals surface area contributed by atoms with Gasteiger partial charge >= 0.3 is 0 Å². The molecule has 2 heterocycles. The first-order chi connectivity index (χ1) is 8.83. The van der Waals surface area contributed by atoms with Gasteiger partial charge < -0.3 is 10.2 Å². The molecule has 18 heavy (non-hydrogen) atoms. The van der Waals surface area contributed by atoms with E-state index in [1.54, 1.807) is 0 Å². The Bertz CT molecular complexity index is 359. The highest BCUT2D eigenvalue weighted by Gasteiger charge is 2.19. The summed E-state index contributed by atoms with van der Waals surface area (Å²) in [5.74, 6) is 1.94. The summed E-state index contributed by atoms with van der Waals surface area (Å²) in [5.41, 5.74) is 1.03. The number of piperidine rings is 1. The molecular formula is C14H24N4. The third-order valence-electron chi connectivity index (χ3n) is 3.74. The average Bonchev–Trinajstić information content (AvgIpc) is 2.45. The van der Waals surface area contributed by atoms with Crippen molar-refractivity contribution in [3.63, 3.8) is 0 Å². The van der Waals surface area contributed by atoms with E-state index in [9.17, 15) is 0 Å². The number of anilines is 1. The summed E-state index contributed by atoms with van der Waals surface area (Å²) >= 11 is 0. The van der Waals surface area contributed by atoms with Crippen LogP contribution in [-0.4, -0.2) is 29.6 Å². The highest BCUT2D eigenvalue weighted by atomic mass is 15.2. The predicted octanol–water partition coefficient (Wildman–Crippen LogP) is 2.21. The van der Waals surface area contributed by atoms with Crippen molar-refractivity contribution in [2.24, 2.45) is 5.92 Å². The van der Waals surface area contributed by atoms with Gasteiger partial charge in [0.25, 0.3) is 0 Å². The fraction of sp³-hybridized carbons (Fsp3) is 0.714. The van der Waals surface area contributed by atoms with Crippen LogP contribution in [0, 0.1) is 5.92 Å². The first-order valence-corrected chi connectivity index (χ1v) is 7.10. The highest BCUT2D eigenvalue weighted by molar-refractivity contribution is 5.36. The summed E-state index contributed by atoms with van der Waals surface area (Å²) in [6.07, 6.45) is 7.62. The molecule has 100 valence electrons. The number of aromatic nitrogens is 2. The average molecular weight is 248 g/mol. The molecule has 1 saturated heterocycles. The Morgan fingerprint density at radius 1 is 1.28 bits per heavy atom. The quantitative estimate of drug-likeness (QED) is 0.867. The maximum Gasteiger partial charge on any atom is 0.147 e. The molecule has 0 bridgehead atoms. The highest BCUT2D eigenvalue weighted by Crippen LogP contribution is 2.23. The molecule has 1 aliphatic heterocycles. The summed E-state index contributed by atoms with van der Waals surface area (Å²) in [6.45, 7) is 8.41. The minimum atomic E-state index is 0.808. The van der Waals surface area contributed by atoms with Crippen molar-refractivity contribution in [3.8, 4) is 0 Å². The van der Waals surface area contributed by atoms with E-state index >= 15 is 0 Å². The number of nitrogens with zero attached hydrogens (tertiary/aromatic N) is 3. The fourth-order valence-corrected chi connectivity index (χ4v) is 2.46. The second-order valence-electron chi connectivity index (χ2n) is 4.99. The maximum atomic E-state index is 4.69. The van der Waals surface area contributed by atoms with Gasteiger partial charge in [-0.3, -0.25) is 4.98 Å². The van der Waals surface area contributed by atoms with Gasteiger partial charge in [0.15, 0.2) is 0 Å². The van der Waals surface area contributed by atoms with Gasteiger partial charge in [0.2, 0.25) is 0 Å². The molecule has 0 unspecified atom stereocenters. The summed E-state index contributed by atoms with van der Waals surface area (Å²) in [4.78, 5) is 11.4. The molecular weight excluding hydrogens is 224 g/mol. The van der Waals surface area contributed by atoms with E-state index in [0.717, 1.165) is 43.6 Å². The van der Waals surface area contributed by atoms with Crippen molar-refractivity contribution in [2.45, 2.75) is 39.7 Å². The van der Waals surface area contributed by atoms with Gasteiger partial charge in [0.1, 0.15) is 5.82 Å². The summed E-state index contributed by atoms with van der Waals surface area (Å²) in [6, 6.07) is 0. The van der Waals surface area contributed by atoms with Crippen molar-refractivity contribution in [3.05, 3.63) is 18.1 Å². The monoisotopic (exact) mass is 248 g/mol. The van der Waals surface area contributed by atoms with Gasteiger partial charge in [-0.25, -0.2) is 4.98 Å². The fourth-order valence-electron chi connectivity index (χ4n) is 2.46. The van der Waals surface area contributed by atoms with Crippen LogP contribution in [0.5, 0.6) is 0 Å². The molecule has 0 radical (unpaired) electrons. The first kappa shape index (κ1) is 13.3. The SMILES string of the molecule is CCNCc1cncc(N2CCC(CC)CC2)n1. The maximum absolute atomic E-state index is 4.69. The Labute approximate surface area is 110 Å². The van der Waals surface area contributed by atoms with Crippen LogP contribution in [0.1, 0.15) is 38.8 Å². The van der Waals surface area contributed by atoms with E-state index in [-0.39, 0.29) is 0 Å². The lowest BCUT2D eigenvalue weighted by atomic mass is 9.94. The van der Waals surface area contributed by atoms with Crippen LogP contribution in [0.25, 0.3) is 0 Å². The number of hydrogen-bond acceptors (Lipinski definition) is 4. The van der Waals surface area contributed by atoms with Crippen LogP contribution in [0.15, 0.2) is 12.4 Å². The van der Waals surface area contributed by atoms with Gasteiger partial charge in [-0.2, -0.15) is 0 Å². The molecule has 0 saturated carbocycles. The van der Waals surface area contributed by atoms with E-state index in [1.807, 2.05) is 12.4 Å². The van der Waals surface area contributed by atoms with Gasteiger partial charge in [0.05, 0.1) is 11.9 Å². The Kier molecular flexibility index (Phi) is 4.93. The van der Waals surface area contributed by atoms with Crippen LogP contribution >= 0.6 is 0 Å². The van der Waals surface area contributed by atoms with Crippen molar-refractivity contribution in [1.82, 2.24) is 15.3 Å². The minimum Gasteiger partial charge on any atom is -0.355 e. The lowest BCUT2D eigenvalue weighted by Gasteiger charge is -2.32. The van der Waals surface area contributed by atoms with Crippen molar-refractivity contribution in [2.75, 3.05) is 24.5 Å². The van der Waals surface area contributed by atoms with Gasteiger partial charge in [-0.05, 0) is 25.3 Å². The van der Waals surface area contributed by atoms with Gasteiger partial charge in [-0.15, -0.1) is 0 Å². The molecule has 0 atom stereocenters. The normalized spacial score (nSPS) is 17.1. The number of hydrogen-bond donors (Lipinski definition) is 1. The topological polar surface area (TPSA) is 41.1 Å². The van der Waals surface area contributed by atoms with Crippen LogP contribution in [0.3, 0.4) is 0 Å². The molecule has 0 spiro atoms.